The van der Waals surface area contributed by atoms with E-state index in [4.69, 9.17) is 5.11 Å². The molecule has 1 N–H and O–H groups in total. The van der Waals surface area contributed by atoms with Crippen molar-refractivity contribution in [3.8, 4) is 0 Å². The monoisotopic (exact) mass is 225 g/mol. The zero-order chi connectivity index (χ0) is 12.3. The smallest absolute Gasteiger partial charge is 0.335 e. The minimum Gasteiger partial charge on any atom is -0.478 e. The molecule has 0 amide bonds. The number of nitrogens with zero attached hydrogens (tertiary/aromatic N) is 1. The van der Waals surface area contributed by atoms with Gasteiger partial charge in [-0.15, -0.1) is 0 Å². The van der Waals surface area contributed by atoms with Crippen molar-refractivity contribution in [2.45, 2.75) is 26.4 Å². The second kappa shape index (κ2) is 5.07. The second-order valence-electron chi connectivity index (χ2n) is 4.12. The molecule has 0 unspecified atom stereocenters. The van der Waals surface area contributed by atoms with Crippen molar-refractivity contribution in [3.63, 3.8) is 0 Å². The van der Waals surface area contributed by atoms with Crippen LogP contribution in [0.1, 0.15) is 29.8 Å². The molecule has 0 aromatic heterocycles. The van der Waals surface area contributed by atoms with Crippen LogP contribution in [-0.2, 0) is 6.54 Å². The van der Waals surface area contributed by atoms with Gasteiger partial charge in [0.15, 0.2) is 0 Å². The van der Waals surface area contributed by atoms with Crippen molar-refractivity contribution in [2.75, 3.05) is 7.05 Å². The molecule has 0 bridgehead atoms. The molecule has 0 spiro atoms. The van der Waals surface area contributed by atoms with Crippen LogP contribution < -0.4 is 0 Å². The standard InChI is InChI=1S/C12H16FNO2/c1-8(2)14(3)7-10-6-9(12(15)16)4-5-11(10)13/h4-6,8H,7H2,1-3H3,(H,15,16). The molecule has 0 fully saturated rings. The fourth-order valence-corrected chi connectivity index (χ4v) is 1.28. The highest BCUT2D eigenvalue weighted by Gasteiger charge is 2.11. The van der Waals surface area contributed by atoms with E-state index < -0.39 is 5.97 Å². The number of carbonyl (C=O) groups is 1. The summed E-state index contributed by atoms with van der Waals surface area (Å²) in [6.07, 6.45) is 0. The van der Waals surface area contributed by atoms with Gasteiger partial charge in [-0.3, -0.25) is 4.90 Å². The number of carboxylic acids is 1. The third-order valence-electron chi connectivity index (χ3n) is 2.59. The number of hydrogen-bond acceptors (Lipinski definition) is 2. The largest absolute Gasteiger partial charge is 0.478 e. The van der Waals surface area contributed by atoms with Crippen LogP contribution in [0, 0.1) is 5.82 Å². The zero-order valence-electron chi connectivity index (χ0n) is 9.70. The predicted molar refractivity (Wildman–Crippen MR) is 60.0 cm³/mol. The lowest BCUT2D eigenvalue weighted by Gasteiger charge is -2.21. The van der Waals surface area contributed by atoms with Gasteiger partial charge in [-0.25, -0.2) is 9.18 Å². The number of hydrogen-bond donors (Lipinski definition) is 1. The first kappa shape index (κ1) is 12.6. The third kappa shape index (κ3) is 3.03. The van der Waals surface area contributed by atoms with Crippen molar-refractivity contribution < 1.29 is 14.3 Å². The van der Waals surface area contributed by atoms with Crippen molar-refractivity contribution in [1.82, 2.24) is 4.90 Å². The number of rotatable bonds is 4. The summed E-state index contributed by atoms with van der Waals surface area (Å²) in [5.74, 6) is -1.40. The molecular formula is C12H16FNO2. The van der Waals surface area contributed by atoms with Crippen LogP contribution in [0.25, 0.3) is 0 Å². The van der Waals surface area contributed by atoms with Gasteiger partial charge >= 0.3 is 5.97 Å². The van der Waals surface area contributed by atoms with Gasteiger partial charge in [-0.1, -0.05) is 0 Å². The number of benzene rings is 1. The van der Waals surface area contributed by atoms with Gasteiger partial charge < -0.3 is 5.11 Å². The second-order valence-corrected chi connectivity index (χ2v) is 4.12. The van der Waals surface area contributed by atoms with E-state index in [2.05, 4.69) is 0 Å². The Bertz CT molecular complexity index is 391. The molecule has 0 aliphatic rings. The minimum atomic E-state index is -1.03. The van der Waals surface area contributed by atoms with Gasteiger partial charge in [0.1, 0.15) is 5.82 Å². The summed E-state index contributed by atoms with van der Waals surface area (Å²) in [5.41, 5.74) is 0.532. The summed E-state index contributed by atoms with van der Waals surface area (Å²) in [6, 6.07) is 4.15. The van der Waals surface area contributed by atoms with Crippen molar-refractivity contribution in [3.05, 3.63) is 35.1 Å². The fraction of sp³-hybridized carbons (Fsp3) is 0.417. The topological polar surface area (TPSA) is 40.5 Å². The van der Waals surface area contributed by atoms with Gasteiger partial charge in [-0.05, 0) is 39.1 Å². The molecule has 0 aliphatic carbocycles. The lowest BCUT2D eigenvalue weighted by atomic mass is 10.1. The number of carboxylic acid groups (broad SMARTS) is 1. The molecule has 1 aromatic rings. The highest BCUT2D eigenvalue weighted by molar-refractivity contribution is 5.87. The van der Waals surface area contributed by atoms with Gasteiger partial charge in [0.25, 0.3) is 0 Å². The summed E-state index contributed by atoms with van der Waals surface area (Å²) in [7, 11) is 1.87. The summed E-state index contributed by atoms with van der Waals surface area (Å²) in [5, 5.41) is 8.81. The quantitative estimate of drug-likeness (QED) is 0.855. The molecule has 0 atom stereocenters. The lowest BCUT2D eigenvalue weighted by Crippen LogP contribution is -2.26. The average molecular weight is 225 g/mol. The molecule has 3 nitrogen and oxygen atoms in total. The van der Waals surface area contributed by atoms with E-state index in [0.717, 1.165) is 0 Å². The Morgan fingerprint density at radius 3 is 2.62 bits per heavy atom. The first-order valence-corrected chi connectivity index (χ1v) is 5.13. The van der Waals surface area contributed by atoms with E-state index in [-0.39, 0.29) is 17.4 Å². The minimum absolute atomic E-state index is 0.119. The maximum Gasteiger partial charge on any atom is 0.335 e. The molecule has 88 valence electrons. The molecule has 0 radical (unpaired) electrons. The summed E-state index contributed by atoms with van der Waals surface area (Å²) >= 11 is 0. The normalized spacial score (nSPS) is 11.1. The van der Waals surface area contributed by atoms with Crippen LogP contribution in [0.15, 0.2) is 18.2 Å². The van der Waals surface area contributed by atoms with Gasteiger partial charge in [0.2, 0.25) is 0 Å². The molecule has 0 heterocycles. The molecule has 1 aromatic carbocycles. The average Bonchev–Trinajstić information content (AvgIpc) is 2.20. The molecule has 0 aliphatic heterocycles. The Morgan fingerprint density at radius 1 is 1.50 bits per heavy atom. The Balaban J connectivity index is 2.94. The highest BCUT2D eigenvalue weighted by Crippen LogP contribution is 2.13. The van der Waals surface area contributed by atoms with E-state index in [1.165, 1.54) is 18.2 Å². The zero-order valence-corrected chi connectivity index (χ0v) is 9.70. The summed E-state index contributed by atoms with van der Waals surface area (Å²) < 4.78 is 13.4. The van der Waals surface area contributed by atoms with Crippen molar-refractivity contribution >= 4 is 5.97 Å². The highest BCUT2D eigenvalue weighted by atomic mass is 19.1. The molecule has 16 heavy (non-hydrogen) atoms. The van der Waals surface area contributed by atoms with E-state index in [1.54, 1.807) is 0 Å². The fourth-order valence-electron chi connectivity index (χ4n) is 1.28. The van der Waals surface area contributed by atoms with E-state index >= 15 is 0 Å². The first-order valence-electron chi connectivity index (χ1n) is 5.13. The lowest BCUT2D eigenvalue weighted by molar-refractivity contribution is 0.0696. The molecule has 4 heteroatoms. The Kier molecular flexibility index (Phi) is 4.01. The van der Waals surface area contributed by atoms with E-state index in [0.29, 0.717) is 12.1 Å². The van der Waals surface area contributed by atoms with Crippen LogP contribution in [0.2, 0.25) is 0 Å². The van der Waals surface area contributed by atoms with E-state index in [1.807, 2.05) is 25.8 Å². The first-order chi connectivity index (χ1) is 7.41. The summed E-state index contributed by atoms with van der Waals surface area (Å²) in [4.78, 5) is 12.7. The molecular weight excluding hydrogens is 209 g/mol. The van der Waals surface area contributed by atoms with Gasteiger partial charge in [0, 0.05) is 18.2 Å². The number of aromatic carboxylic acids is 1. The Labute approximate surface area is 94.5 Å². The van der Waals surface area contributed by atoms with E-state index in [9.17, 15) is 9.18 Å². The van der Waals surface area contributed by atoms with Crippen LogP contribution in [0.4, 0.5) is 4.39 Å². The third-order valence-corrected chi connectivity index (χ3v) is 2.59. The van der Waals surface area contributed by atoms with Crippen LogP contribution >= 0.6 is 0 Å². The van der Waals surface area contributed by atoms with Crippen LogP contribution in [-0.4, -0.2) is 29.1 Å². The summed E-state index contributed by atoms with van der Waals surface area (Å²) in [6.45, 7) is 4.41. The van der Waals surface area contributed by atoms with Gasteiger partial charge in [0.05, 0.1) is 5.56 Å². The Hall–Kier alpha value is -1.42. The SMILES string of the molecule is CC(C)N(C)Cc1cc(C(=O)O)ccc1F. The van der Waals surface area contributed by atoms with Crippen molar-refractivity contribution in [1.29, 1.82) is 0 Å². The van der Waals surface area contributed by atoms with Gasteiger partial charge in [-0.2, -0.15) is 0 Å². The molecule has 0 saturated heterocycles. The predicted octanol–water partition coefficient (Wildman–Crippen LogP) is 2.36. The molecule has 0 saturated carbocycles. The Morgan fingerprint density at radius 2 is 2.12 bits per heavy atom. The number of halogens is 1. The van der Waals surface area contributed by atoms with Crippen molar-refractivity contribution in [2.24, 2.45) is 0 Å². The van der Waals surface area contributed by atoms with Crippen LogP contribution in [0.3, 0.4) is 0 Å². The molecule has 1 rings (SSSR count). The maximum absolute atomic E-state index is 13.4. The van der Waals surface area contributed by atoms with Crippen LogP contribution in [0.5, 0.6) is 0 Å². The maximum atomic E-state index is 13.4.